The third-order valence-electron chi connectivity index (χ3n) is 7.97. The molecule has 2 fully saturated rings. The van der Waals surface area contributed by atoms with Gasteiger partial charge in [-0.15, -0.1) is 0 Å². The summed E-state index contributed by atoms with van der Waals surface area (Å²) >= 11 is 0. The van der Waals surface area contributed by atoms with Gasteiger partial charge >= 0.3 is 5.97 Å². The number of hydrogen-bond donors (Lipinski definition) is 10. The zero-order chi connectivity index (χ0) is 34.3. The molecule has 17 nitrogen and oxygen atoms in total. The number of rotatable bonds is 17. The van der Waals surface area contributed by atoms with Crippen LogP contribution in [0.5, 0.6) is 0 Å². The Morgan fingerprint density at radius 1 is 0.957 bits per heavy atom. The number of amides is 5. The number of carboxylic acid groups (broad SMARTS) is 1. The number of nitrogens with two attached hydrogens (primary N) is 1. The summed E-state index contributed by atoms with van der Waals surface area (Å²) in [5.74, 6) is -4.66. The van der Waals surface area contributed by atoms with Gasteiger partial charge in [0.1, 0.15) is 24.2 Å². The van der Waals surface area contributed by atoms with E-state index in [1.54, 1.807) is 30.3 Å². The molecule has 0 radical (unpaired) electrons. The van der Waals surface area contributed by atoms with Crippen LogP contribution in [0.15, 0.2) is 30.3 Å². The number of hydrogen-bond acceptors (Lipinski definition) is 9. The molecule has 11 N–H and O–H groups in total. The smallest absolute Gasteiger partial charge is 0.326 e. The number of carboxylic acids is 1. The number of aliphatic carboxylic acids is 1. The second kappa shape index (κ2) is 18.4. The van der Waals surface area contributed by atoms with Crippen molar-refractivity contribution < 1.29 is 39.0 Å². The largest absolute Gasteiger partial charge is 0.480 e. The minimum atomic E-state index is -1.45. The van der Waals surface area contributed by atoms with Crippen molar-refractivity contribution in [1.29, 1.82) is 5.41 Å². The Morgan fingerprint density at radius 3 is 2.34 bits per heavy atom. The first-order valence-electron chi connectivity index (χ1n) is 15.7. The second-order valence-corrected chi connectivity index (χ2v) is 11.5. The van der Waals surface area contributed by atoms with Crippen LogP contribution < -0.4 is 37.6 Å². The predicted octanol–water partition coefficient (Wildman–Crippen LogP) is -3.12. The zero-order valence-corrected chi connectivity index (χ0v) is 26.1. The molecule has 0 bridgehead atoms. The highest BCUT2D eigenvalue weighted by molar-refractivity contribution is 5.96. The van der Waals surface area contributed by atoms with Crippen LogP contribution in [-0.4, -0.2) is 120 Å². The highest BCUT2D eigenvalue weighted by Crippen LogP contribution is 2.19. The molecule has 3 rings (SSSR count). The standard InChI is InChI=1S/C30H45N9O8/c31-30(32)34-13-5-10-20(29(46)47)37-27(44)23-11-6-14-39(23)28(45)22(17-40)38-26(43)21(15-18-7-2-1-3-8-18)36-24(41)16-35-25(42)19-9-4-12-33-19/h1-3,7-8,19-23,33,40H,4-6,9-17H2,(H,35,42)(H,36,41)(H,37,44)(H,38,43)(H,46,47)(H4,31,32,34)/t19-,20-,21-,22-,23-/m0/s1. The zero-order valence-electron chi connectivity index (χ0n) is 26.1. The van der Waals surface area contributed by atoms with Gasteiger partial charge in [0.2, 0.25) is 29.5 Å². The first-order chi connectivity index (χ1) is 22.5. The number of nitrogens with zero attached hydrogens (tertiary/aromatic N) is 1. The molecular formula is C30H45N9O8. The molecule has 0 unspecified atom stereocenters. The van der Waals surface area contributed by atoms with Crippen molar-refractivity contribution >= 4 is 41.5 Å². The molecule has 0 saturated carbocycles. The van der Waals surface area contributed by atoms with E-state index in [-0.39, 0.29) is 56.8 Å². The number of guanidine groups is 1. The van der Waals surface area contributed by atoms with Crippen molar-refractivity contribution in [3.05, 3.63) is 35.9 Å². The van der Waals surface area contributed by atoms with Gasteiger partial charge < -0.3 is 52.7 Å². The van der Waals surface area contributed by atoms with Crippen LogP contribution >= 0.6 is 0 Å². The molecule has 2 aliphatic heterocycles. The molecule has 2 saturated heterocycles. The van der Waals surface area contributed by atoms with E-state index in [9.17, 15) is 39.0 Å². The van der Waals surface area contributed by atoms with Gasteiger partial charge in [0, 0.05) is 19.5 Å². The molecule has 0 aliphatic carbocycles. The number of aliphatic hydroxyl groups excluding tert-OH is 1. The maximum atomic E-state index is 13.5. The number of benzene rings is 1. The lowest BCUT2D eigenvalue weighted by Gasteiger charge is -2.29. The molecule has 1 aromatic rings. The molecule has 1 aromatic carbocycles. The van der Waals surface area contributed by atoms with Crippen molar-refractivity contribution in [2.24, 2.45) is 5.73 Å². The van der Waals surface area contributed by atoms with E-state index in [1.807, 2.05) is 0 Å². The Labute approximate surface area is 272 Å². The summed E-state index contributed by atoms with van der Waals surface area (Å²) in [5, 5.41) is 42.6. The Balaban J connectivity index is 1.63. The number of carbonyl (C=O) groups is 6. The van der Waals surface area contributed by atoms with Gasteiger partial charge in [-0.1, -0.05) is 30.3 Å². The summed E-state index contributed by atoms with van der Waals surface area (Å²) in [6.45, 7) is -0.0799. The second-order valence-electron chi connectivity index (χ2n) is 11.5. The number of aliphatic hydroxyl groups is 1. The molecule has 17 heteroatoms. The minimum Gasteiger partial charge on any atom is -0.480 e. The maximum absolute atomic E-state index is 13.5. The lowest BCUT2D eigenvalue weighted by molar-refractivity contribution is -0.145. The Bertz CT molecular complexity index is 1280. The molecular weight excluding hydrogens is 614 g/mol. The van der Waals surface area contributed by atoms with Gasteiger partial charge in [0.25, 0.3) is 0 Å². The van der Waals surface area contributed by atoms with Crippen molar-refractivity contribution in [2.45, 2.75) is 75.2 Å². The highest BCUT2D eigenvalue weighted by Gasteiger charge is 2.39. The van der Waals surface area contributed by atoms with E-state index >= 15 is 0 Å². The summed E-state index contributed by atoms with van der Waals surface area (Å²) in [4.78, 5) is 78.1. The maximum Gasteiger partial charge on any atom is 0.326 e. The summed E-state index contributed by atoms with van der Waals surface area (Å²) in [7, 11) is 0. The molecule has 2 heterocycles. The fourth-order valence-corrected chi connectivity index (χ4v) is 5.52. The van der Waals surface area contributed by atoms with Crippen molar-refractivity contribution in [3.8, 4) is 0 Å². The Morgan fingerprint density at radius 2 is 1.70 bits per heavy atom. The van der Waals surface area contributed by atoms with E-state index in [2.05, 4.69) is 31.9 Å². The first kappa shape index (κ1) is 36.7. The third-order valence-corrected chi connectivity index (χ3v) is 7.97. The van der Waals surface area contributed by atoms with Crippen LogP contribution in [0.1, 0.15) is 44.1 Å². The molecule has 0 spiro atoms. The van der Waals surface area contributed by atoms with Crippen LogP contribution in [0.4, 0.5) is 0 Å². The van der Waals surface area contributed by atoms with Crippen molar-refractivity contribution in [2.75, 3.05) is 32.8 Å². The number of likely N-dealkylation sites (tertiary alicyclic amines) is 1. The molecule has 0 aromatic heterocycles. The van der Waals surface area contributed by atoms with Crippen molar-refractivity contribution in [3.63, 3.8) is 0 Å². The van der Waals surface area contributed by atoms with Crippen LogP contribution in [0.3, 0.4) is 0 Å². The summed E-state index contributed by atoms with van der Waals surface area (Å²) < 4.78 is 0. The molecule has 47 heavy (non-hydrogen) atoms. The highest BCUT2D eigenvalue weighted by atomic mass is 16.4. The fourth-order valence-electron chi connectivity index (χ4n) is 5.52. The summed E-state index contributed by atoms with van der Waals surface area (Å²) in [5.41, 5.74) is 5.94. The number of carbonyl (C=O) groups excluding carboxylic acids is 5. The van der Waals surface area contributed by atoms with Crippen LogP contribution in [0, 0.1) is 5.41 Å². The van der Waals surface area contributed by atoms with Gasteiger partial charge in [-0.05, 0) is 50.6 Å². The Kier molecular flexibility index (Phi) is 14.4. The van der Waals surface area contributed by atoms with Gasteiger partial charge in [-0.25, -0.2) is 4.79 Å². The average Bonchev–Trinajstić information content (AvgIpc) is 3.77. The van der Waals surface area contributed by atoms with Gasteiger partial charge in [-0.2, -0.15) is 0 Å². The third kappa shape index (κ3) is 11.5. The fraction of sp³-hybridized carbons (Fsp3) is 0.567. The lowest BCUT2D eigenvalue weighted by atomic mass is 10.0. The Hall–Kier alpha value is -4.77. The molecule has 5 amide bonds. The van der Waals surface area contributed by atoms with Crippen LogP contribution in [0.25, 0.3) is 0 Å². The summed E-state index contributed by atoms with van der Waals surface area (Å²) in [6, 6.07) is 3.55. The van der Waals surface area contributed by atoms with Crippen LogP contribution in [-0.2, 0) is 35.2 Å². The predicted molar refractivity (Wildman–Crippen MR) is 169 cm³/mol. The monoisotopic (exact) mass is 659 g/mol. The quantitative estimate of drug-likeness (QED) is 0.0454. The van der Waals surface area contributed by atoms with Crippen LogP contribution in [0.2, 0.25) is 0 Å². The van der Waals surface area contributed by atoms with E-state index in [0.717, 1.165) is 6.42 Å². The average molecular weight is 660 g/mol. The van der Waals surface area contributed by atoms with E-state index in [4.69, 9.17) is 11.1 Å². The van der Waals surface area contributed by atoms with Crippen molar-refractivity contribution in [1.82, 2.24) is 36.8 Å². The van der Waals surface area contributed by atoms with Gasteiger partial charge in [0.15, 0.2) is 5.96 Å². The first-order valence-corrected chi connectivity index (χ1v) is 15.7. The molecule has 2 aliphatic rings. The summed E-state index contributed by atoms with van der Waals surface area (Å²) in [6.07, 6.45) is 2.59. The topological polar surface area (TPSA) is 268 Å². The molecule has 258 valence electrons. The van der Waals surface area contributed by atoms with E-state index in [0.29, 0.717) is 31.4 Å². The van der Waals surface area contributed by atoms with E-state index < -0.39 is 60.4 Å². The SMILES string of the molecule is N=C(N)NCCC[C@H](NC(=O)[C@@H]1CCCN1C(=O)[C@H](CO)NC(=O)[C@H](Cc1ccccc1)NC(=O)CNC(=O)[C@@H]1CCCN1)C(=O)O. The lowest BCUT2D eigenvalue weighted by Crippen LogP contribution is -2.59. The van der Waals surface area contributed by atoms with Gasteiger partial charge in [-0.3, -0.25) is 29.4 Å². The molecule has 5 atom stereocenters. The normalized spacial score (nSPS) is 19.1. The van der Waals surface area contributed by atoms with E-state index in [1.165, 1.54) is 4.90 Å². The minimum absolute atomic E-state index is 0.0486. The number of nitrogens with one attached hydrogen (secondary N) is 7. The van der Waals surface area contributed by atoms with Gasteiger partial charge in [0.05, 0.1) is 19.2 Å².